The van der Waals surface area contributed by atoms with Crippen molar-refractivity contribution in [3.8, 4) is 11.1 Å². The van der Waals surface area contributed by atoms with Gasteiger partial charge in [0.15, 0.2) is 0 Å². The Kier molecular flexibility index (Phi) is 2.91. The molecule has 3 aromatic carbocycles. The molecule has 0 spiro atoms. The van der Waals surface area contributed by atoms with Crippen LogP contribution >= 0.6 is 0 Å². The van der Waals surface area contributed by atoms with Crippen molar-refractivity contribution < 1.29 is 5.11 Å². The highest BCUT2D eigenvalue weighted by Crippen LogP contribution is 2.52. The van der Waals surface area contributed by atoms with Crippen LogP contribution in [0.5, 0.6) is 0 Å². The molecule has 1 aliphatic carbocycles. The van der Waals surface area contributed by atoms with E-state index in [0.29, 0.717) is 0 Å². The summed E-state index contributed by atoms with van der Waals surface area (Å²) >= 11 is 0. The first kappa shape index (κ1) is 13.3. The lowest BCUT2D eigenvalue weighted by Crippen LogP contribution is -2.32. The molecule has 1 nitrogen and oxygen atoms in total. The van der Waals surface area contributed by atoms with Gasteiger partial charge < -0.3 is 5.11 Å². The summed E-state index contributed by atoms with van der Waals surface area (Å²) in [4.78, 5) is 0. The van der Waals surface area contributed by atoms with Gasteiger partial charge in [0.05, 0.1) is 12.0 Å². The molecule has 0 atom stereocenters. The lowest BCUT2D eigenvalue weighted by Gasteiger charge is -2.32. The second-order valence-corrected chi connectivity index (χ2v) is 5.97. The Labute approximate surface area is 130 Å². The molecule has 4 rings (SSSR count). The van der Waals surface area contributed by atoms with Gasteiger partial charge in [-0.15, -0.1) is 0 Å². The molecule has 1 N–H and O–H groups in total. The van der Waals surface area contributed by atoms with Crippen LogP contribution in [0.1, 0.15) is 22.3 Å². The molecule has 108 valence electrons. The highest BCUT2D eigenvalue weighted by molar-refractivity contribution is 5.83. The molecule has 0 bridgehead atoms. The minimum atomic E-state index is -0.460. The Morgan fingerprint density at radius 1 is 0.682 bits per heavy atom. The number of aliphatic hydroxyl groups excluding tert-OH is 1. The average molecular weight is 286 g/mol. The maximum absolute atomic E-state index is 10.5. The number of rotatable bonds is 2. The Balaban J connectivity index is 2.14. The van der Waals surface area contributed by atoms with Crippen LogP contribution < -0.4 is 0 Å². The zero-order valence-corrected chi connectivity index (χ0v) is 12.6. The van der Waals surface area contributed by atoms with Crippen LogP contribution in [-0.2, 0) is 5.41 Å². The van der Waals surface area contributed by atoms with Crippen molar-refractivity contribution in [1.82, 2.24) is 0 Å². The summed E-state index contributed by atoms with van der Waals surface area (Å²) in [7, 11) is 0. The van der Waals surface area contributed by atoms with Crippen molar-refractivity contribution in [2.24, 2.45) is 0 Å². The Bertz CT molecular complexity index is 802. The number of hydrogen-bond donors (Lipinski definition) is 1. The van der Waals surface area contributed by atoms with Crippen LogP contribution in [0.15, 0.2) is 72.8 Å². The highest BCUT2D eigenvalue weighted by atomic mass is 16.3. The van der Waals surface area contributed by atoms with E-state index in [1.165, 1.54) is 33.4 Å². The SMILES string of the molecule is Cc1ccccc1C1(CO)c2ccccc2-c2ccccc21. The molecule has 1 aliphatic rings. The average Bonchev–Trinajstić information content (AvgIpc) is 2.87. The van der Waals surface area contributed by atoms with E-state index >= 15 is 0 Å². The Morgan fingerprint density at radius 2 is 1.14 bits per heavy atom. The summed E-state index contributed by atoms with van der Waals surface area (Å²) in [5, 5.41) is 10.5. The summed E-state index contributed by atoms with van der Waals surface area (Å²) < 4.78 is 0. The molecule has 22 heavy (non-hydrogen) atoms. The normalized spacial score (nSPS) is 14.5. The van der Waals surface area contributed by atoms with Gasteiger partial charge in [0.1, 0.15) is 0 Å². The second-order valence-electron chi connectivity index (χ2n) is 5.97. The summed E-state index contributed by atoms with van der Waals surface area (Å²) in [6.07, 6.45) is 0. The molecule has 0 fully saturated rings. The van der Waals surface area contributed by atoms with Gasteiger partial charge in [0.25, 0.3) is 0 Å². The zero-order valence-electron chi connectivity index (χ0n) is 12.6. The van der Waals surface area contributed by atoms with Gasteiger partial charge in [-0.05, 0) is 40.3 Å². The standard InChI is InChI=1S/C21H18O/c1-15-8-2-5-11-18(15)21(14-22)19-12-6-3-9-16(19)17-10-4-7-13-20(17)21/h2-13,22H,14H2,1H3. The molecule has 0 aromatic heterocycles. The molecule has 3 aromatic rings. The molecule has 1 heteroatoms. The van der Waals surface area contributed by atoms with Crippen molar-refractivity contribution in [1.29, 1.82) is 0 Å². The minimum Gasteiger partial charge on any atom is -0.395 e. The van der Waals surface area contributed by atoms with Crippen LogP contribution in [0.25, 0.3) is 11.1 Å². The quantitative estimate of drug-likeness (QED) is 0.744. The van der Waals surface area contributed by atoms with Crippen LogP contribution in [0.4, 0.5) is 0 Å². The van der Waals surface area contributed by atoms with Gasteiger partial charge in [-0.3, -0.25) is 0 Å². The van der Waals surface area contributed by atoms with Crippen molar-refractivity contribution >= 4 is 0 Å². The molecule has 0 saturated carbocycles. The topological polar surface area (TPSA) is 20.2 Å². The van der Waals surface area contributed by atoms with E-state index in [1.54, 1.807) is 0 Å². The predicted octanol–water partition coefficient (Wildman–Crippen LogP) is 4.30. The van der Waals surface area contributed by atoms with Gasteiger partial charge in [-0.2, -0.15) is 0 Å². The third kappa shape index (κ3) is 1.57. The minimum absolute atomic E-state index is 0.0753. The smallest absolute Gasteiger partial charge is 0.0696 e. The number of benzene rings is 3. The molecular weight excluding hydrogens is 268 g/mol. The van der Waals surface area contributed by atoms with Gasteiger partial charge in [-0.25, -0.2) is 0 Å². The second kappa shape index (κ2) is 4.82. The van der Waals surface area contributed by atoms with Crippen LogP contribution in [-0.4, -0.2) is 11.7 Å². The van der Waals surface area contributed by atoms with Crippen LogP contribution in [0.2, 0.25) is 0 Å². The van der Waals surface area contributed by atoms with Crippen molar-refractivity contribution in [3.63, 3.8) is 0 Å². The predicted molar refractivity (Wildman–Crippen MR) is 90.0 cm³/mol. The van der Waals surface area contributed by atoms with Crippen LogP contribution in [0, 0.1) is 6.92 Å². The maximum Gasteiger partial charge on any atom is 0.0696 e. The number of aryl methyl sites for hydroxylation is 1. The largest absolute Gasteiger partial charge is 0.395 e. The third-order valence-electron chi connectivity index (χ3n) is 4.91. The van der Waals surface area contributed by atoms with Crippen molar-refractivity contribution in [3.05, 3.63) is 95.1 Å². The number of fused-ring (bicyclic) bond motifs is 3. The third-order valence-corrected chi connectivity index (χ3v) is 4.91. The van der Waals surface area contributed by atoms with E-state index in [0.717, 1.165) is 0 Å². The summed E-state index contributed by atoms with van der Waals surface area (Å²) in [6, 6.07) is 25.3. The van der Waals surface area contributed by atoms with Gasteiger partial charge in [0, 0.05) is 0 Å². The first-order valence-corrected chi connectivity index (χ1v) is 7.65. The van der Waals surface area contributed by atoms with Crippen molar-refractivity contribution in [2.45, 2.75) is 12.3 Å². The Morgan fingerprint density at radius 3 is 1.64 bits per heavy atom. The van der Waals surface area contributed by atoms with E-state index in [9.17, 15) is 5.11 Å². The maximum atomic E-state index is 10.5. The summed E-state index contributed by atoms with van der Waals surface area (Å²) in [5.41, 5.74) is 6.81. The molecule has 0 heterocycles. The first-order chi connectivity index (χ1) is 10.8. The monoisotopic (exact) mass is 286 g/mol. The molecule has 0 radical (unpaired) electrons. The van der Waals surface area contributed by atoms with E-state index < -0.39 is 5.41 Å². The van der Waals surface area contributed by atoms with E-state index in [4.69, 9.17) is 0 Å². The molecule has 0 amide bonds. The molecule has 0 aliphatic heterocycles. The van der Waals surface area contributed by atoms with E-state index in [1.807, 2.05) is 0 Å². The fraction of sp³-hybridized carbons (Fsp3) is 0.143. The number of aliphatic hydroxyl groups is 1. The fourth-order valence-corrected chi connectivity index (χ4v) is 3.92. The summed E-state index contributed by atoms with van der Waals surface area (Å²) in [5.74, 6) is 0. The fourth-order valence-electron chi connectivity index (χ4n) is 3.92. The molecular formula is C21H18O. The molecule has 0 saturated heterocycles. The highest BCUT2D eigenvalue weighted by Gasteiger charge is 2.44. The number of hydrogen-bond acceptors (Lipinski definition) is 1. The van der Waals surface area contributed by atoms with Crippen LogP contribution in [0.3, 0.4) is 0 Å². The van der Waals surface area contributed by atoms with E-state index in [-0.39, 0.29) is 6.61 Å². The lowest BCUT2D eigenvalue weighted by atomic mass is 9.71. The van der Waals surface area contributed by atoms with E-state index in [2.05, 4.69) is 79.7 Å². The van der Waals surface area contributed by atoms with Crippen molar-refractivity contribution in [2.75, 3.05) is 6.61 Å². The Hall–Kier alpha value is -2.38. The zero-order chi connectivity index (χ0) is 15.2. The van der Waals surface area contributed by atoms with Gasteiger partial charge in [0.2, 0.25) is 0 Å². The molecule has 0 unspecified atom stereocenters. The first-order valence-electron chi connectivity index (χ1n) is 7.65. The lowest BCUT2D eigenvalue weighted by molar-refractivity contribution is 0.245. The summed E-state index contributed by atoms with van der Waals surface area (Å²) in [6.45, 7) is 2.20. The van der Waals surface area contributed by atoms with Gasteiger partial charge >= 0.3 is 0 Å². The van der Waals surface area contributed by atoms with Gasteiger partial charge in [-0.1, -0.05) is 72.8 Å².